The number of aromatic nitrogens is 3. The summed E-state index contributed by atoms with van der Waals surface area (Å²) in [5, 5.41) is 11.0. The van der Waals surface area contributed by atoms with Crippen molar-refractivity contribution in [2.24, 2.45) is 0 Å². The summed E-state index contributed by atoms with van der Waals surface area (Å²) >= 11 is 1.26. The van der Waals surface area contributed by atoms with Crippen LogP contribution in [0.1, 0.15) is 32.0 Å². The lowest BCUT2D eigenvalue weighted by Gasteiger charge is -2.13. The SMILES string of the molecule is Cc1ccc(-n2ncc(C(=O)Nc3ccc(C(=O)Nc4nccs4)cc3)c2C(F)(F)F)cc1. The van der Waals surface area contributed by atoms with Crippen molar-refractivity contribution in [3.8, 4) is 5.69 Å². The van der Waals surface area contributed by atoms with Gasteiger partial charge in [0.25, 0.3) is 11.8 Å². The highest BCUT2D eigenvalue weighted by Gasteiger charge is 2.40. The van der Waals surface area contributed by atoms with Crippen LogP contribution >= 0.6 is 11.3 Å². The second-order valence-corrected chi connectivity index (χ2v) is 7.87. The topological polar surface area (TPSA) is 88.9 Å². The molecule has 0 radical (unpaired) electrons. The average Bonchev–Trinajstić information content (AvgIpc) is 3.44. The van der Waals surface area contributed by atoms with Gasteiger partial charge in [-0.15, -0.1) is 11.3 Å². The molecule has 0 saturated carbocycles. The summed E-state index contributed by atoms with van der Waals surface area (Å²) in [7, 11) is 0. The molecular weight excluding hydrogens is 455 g/mol. The number of hydrogen-bond acceptors (Lipinski definition) is 5. The van der Waals surface area contributed by atoms with Gasteiger partial charge in [-0.1, -0.05) is 17.7 Å². The minimum Gasteiger partial charge on any atom is -0.322 e. The molecule has 0 aliphatic rings. The molecule has 168 valence electrons. The maximum absolute atomic E-state index is 13.8. The summed E-state index contributed by atoms with van der Waals surface area (Å²) < 4.78 is 42.1. The first-order valence-corrected chi connectivity index (χ1v) is 10.4. The van der Waals surface area contributed by atoms with Crippen molar-refractivity contribution in [3.05, 3.63) is 88.7 Å². The van der Waals surface area contributed by atoms with E-state index in [0.29, 0.717) is 15.4 Å². The van der Waals surface area contributed by atoms with Gasteiger partial charge >= 0.3 is 6.18 Å². The monoisotopic (exact) mass is 471 g/mol. The zero-order chi connectivity index (χ0) is 23.6. The zero-order valence-corrected chi connectivity index (χ0v) is 17.9. The third-order valence-corrected chi connectivity index (χ3v) is 5.31. The van der Waals surface area contributed by atoms with E-state index in [-0.39, 0.29) is 11.4 Å². The Balaban J connectivity index is 1.55. The van der Waals surface area contributed by atoms with E-state index in [1.54, 1.807) is 23.7 Å². The van der Waals surface area contributed by atoms with Crippen molar-refractivity contribution >= 4 is 34.0 Å². The minimum absolute atomic E-state index is 0.183. The summed E-state index contributed by atoms with van der Waals surface area (Å²) in [6, 6.07) is 12.0. The van der Waals surface area contributed by atoms with Gasteiger partial charge < -0.3 is 5.32 Å². The molecule has 0 aliphatic heterocycles. The molecule has 4 aromatic rings. The molecule has 0 atom stereocenters. The van der Waals surface area contributed by atoms with Crippen molar-refractivity contribution in [3.63, 3.8) is 0 Å². The van der Waals surface area contributed by atoms with Crippen molar-refractivity contribution in [1.29, 1.82) is 0 Å². The molecule has 2 aromatic heterocycles. The predicted molar refractivity (Wildman–Crippen MR) is 118 cm³/mol. The molecule has 0 saturated heterocycles. The molecule has 2 amide bonds. The van der Waals surface area contributed by atoms with Crippen LogP contribution < -0.4 is 10.6 Å². The number of rotatable bonds is 5. The van der Waals surface area contributed by atoms with Crippen molar-refractivity contribution < 1.29 is 22.8 Å². The minimum atomic E-state index is -4.81. The Labute approximate surface area is 189 Å². The van der Waals surface area contributed by atoms with Crippen molar-refractivity contribution in [2.45, 2.75) is 13.1 Å². The highest BCUT2D eigenvalue weighted by Crippen LogP contribution is 2.34. The number of nitrogens with zero attached hydrogens (tertiary/aromatic N) is 3. The van der Waals surface area contributed by atoms with E-state index in [4.69, 9.17) is 0 Å². The third kappa shape index (κ3) is 4.93. The Hall–Kier alpha value is -3.99. The van der Waals surface area contributed by atoms with Crippen LogP contribution in [0, 0.1) is 6.92 Å². The summed E-state index contributed by atoms with van der Waals surface area (Å²) in [5.41, 5.74) is -0.214. The number of amides is 2. The lowest BCUT2D eigenvalue weighted by Crippen LogP contribution is -2.20. The first-order valence-electron chi connectivity index (χ1n) is 9.57. The van der Waals surface area contributed by atoms with Crippen LogP contribution in [-0.4, -0.2) is 26.6 Å². The maximum atomic E-state index is 13.8. The number of carbonyl (C=O) groups is 2. The Morgan fingerprint density at radius 1 is 0.970 bits per heavy atom. The van der Waals surface area contributed by atoms with Crippen LogP contribution in [0.25, 0.3) is 5.69 Å². The highest BCUT2D eigenvalue weighted by molar-refractivity contribution is 7.13. The number of anilines is 2. The summed E-state index contributed by atoms with van der Waals surface area (Å²) in [4.78, 5) is 28.8. The lowest BCUT2D eigenvalue weighted by atomic mass is 10.1. The van der Waals surface area contributed by atoms with Gasteiger partial charge in [-0.05, 0) is 43.3 Å². The fourth-order valence-electron chi connectivity index (χ4n) is 3.03. The maximum Gasteiger partial charge on any atom is 0.434 e. The molecule has 0 bridgehead atoms. The van der Waals surface area contributed by atoms with Gasteiger partial charge in [-0.25, -0.2) is 9.67 Å². The number of benzene rings is 2. The van der Waals surface area contributed by atoms with E-state index >= 15 is 0 Å². The van der Waals surface area contributed by atoms with Gasteiger partial charge in [-0.3, -0.25) is 14.9 Å². The van der Waals surface area contributed by atoms with Crippen LogP contribution in [0.3, 0.4) is 0 Å². The van der Waals surface area contributed by atoms with Gasteiger partial charge in [0.2, 0.25) is 0 Å². The zero-order valence-electron chi connectivity index (χ0n) is 17.1. The fraction of sp³-hybridized carbons (Fsp3) is 0.0909. The number of hydrogen-bond donors (Lipinski definition) is 2. The number of halogens is 3. The summed E-state index contributed by atoms with van der Waals surface area (Å²) in [5.74, 6) is -1.37. The lowest BCUT2D eigenvalue weighted by molar-refractivity contribution is -0.143. The van der Waals surface area contributed by atoms with Gasteiger partial charge in [-0.2, -0.15) is 18.3 Å². The van der Waals surface area contributed by atoms with E-state index in [2.05, 4.69) is 20.7 Å². The van der Waals surface area contributed by atoms with E-state index in [9.17, 15) is 22.8 Å². The van der Waals surface area contributed by atoms with E-state index < -0.39 is 29.2 Å². The number of carbonyl (C=O) groups excluding carboxylic acids is 2. The molecule has 0 aliphatic carbocycles. The van der Waals surface area contributed by atoms with Gasteiger partial charge in [0, 0.05) is 22.8 Å². The normalized spacial score (nSPS) is 11.3. The van der Waals surface area contributed by atoms with Crippen LogP contribution in [0.2, 0.25) is 0 Å². The predicted octanol–water partition coefficient (Wildman–Crippen LogP) is 5.16. The fourth-order valence-corrected chi connectivity index (χ4v) is 3.55. The van der Waals surface area contributed by atoms with Gasteiger partial charge in [0.15, 0.2) is 10.8 Å². The Morgan fingerprint density at radius 3 is 2.27 bits per heavy atom. The molecule has 0 spiro atoms. The molecule has 2 N–H and O–H groups in total. The smallest absolute Gasteiger partial charge is 0.322 e. The standard InChI is InChI=1S/C22H16F3N5O2S/c1-13-2-8-16(9-3-13)30-18(22(23,24)25)17(12-27-30)20(32)28-15-6-4-14(5-7-15)19(31)29-21-26-10-11-33-21/h2-12H,1H3,(H,28,32)(H,26,29,31). The van der Waals surface area contributed by atoms with E-state index in [1.807, 2.05) is 6.92 Å². The van der Waals surface area contributed by atoms with Crippen molar-refractivity contribution in [1.82, 2.24) is 14.8 Å². The quantitative estimate of drug-likeness (QED) is 0.421. The highest BCUT2D eigenvalue weighted by atomic mass is 32.1. The largest absolute Gasteiger partial charge is 0.434 e. The first-order chi connectivity index (χ1) is 15.7. The molecule has 0 unspecified atom stereocenters. The van der Waals surface area contributed by atoms with E-state index in [0.717, 1.165) is 11.8 Å². The Bertz CT molecular complexity index is 1280. The molecule has 2 aromatic carbocycles. The molecule has 33 heavy (non-hydrogen) atoms. The summed E-state index contributed by atoms with van der Waals surface area (Å²) in [6.45, 7) is 1.81. The molecule has 11 heteroatoms. The van der Waals surface area contributed by atoms with Crippen LogP contribution in [0.5, 0.6) is 0 Å². The van der Waals surface area contributed by atoms with Crippen molar-refractivity contribution in [2.75, 3.05) is 10.6 Å². The van der Waals surface area contributed by atoms with E-state index in [1.165, 1.54) is 47.7 Å². The first kappa shape index (κ1) is 22.2. The second kappa shape index (κ2) is 8.87. The molecule has 0 fully saturated rings. The molecule has 4 rings (SSSR count). The summed E-state index contributed by atoms with van der Waals surface area (Å²) in [6.07, 6.45) is -2.38. The second-order valence-electron chi connectivity index (χ2n) is 6.97. The Morgan fingerprint density at radius 2 is 1.67 bits per heavy atom. The average molecular weight is 471 g/mol. The van der Waals surface area contributed by atoms with Gasteiger partial charge in [0.1, 0.15) is 0 Å². The van der Waals surface area contributed by atoms with Crippen LogP contribution in [0.15, 0.2) is 66.3 Å². The molecular formula is C22H16F3N5O2S. The third-order valence-electron chi connectivity index (χ3n) is 4.62. The van der Waals surface area contributed by atoms with Crippen LogP contribution in [-0.2, 0) is 6.18 Å². The van der Waals surface area contributed by atoms with Crippen LogP contribution in [0.4, 0.5) is 24.0 Å². The molecule has 2 heterocycles. The molecule has 7 nitrogen and oxygen atoms in total. The Kier molecular flexibility index (Phi) is 5.97. The number of nitrogens with one attached hydrogen (secondary N) is 2. The number of alkyl halides is 3. The van der Waals surface area contributed by atoms with Gasteiger partial charge in [0.05, 0.1) is 17.4 Å². The number of aryl methyl sites for hydroxylation is 1. The number of thiazole rings is 1.